The Morgan fingerprint density at radius 1 is 2.00 bits per heavy atom. The molecule has 0 aromatic carbocycles. The minimum absolute atomic E-state index is 0.645. The molecule has 1 rings (SSSR count). The largest absolute Gasteiger partial charge is 0.476 e. The maximum atomic E-state index is 4.90. The van der Waals surface area contributed by atoms with Gasteiger partial charge >= 0.3 is 0 Å². The molecule has 0 saturated heterocycles. The Kier molecular flexibility index (Phi) is 0.708. The SMILES string of the molecule is CC1=CNCO1. The van der Waals surface area contributed by atoms with Crippen LogP contribution in [0.4, 0.5) is 0 Å². The third-order valence-corrected chi connectivity index (χ3v) is 0.688. The third-order valence-electron chi connectivity index (χ3n) is 0.688. The molecule has 0 fully saturated rings. The van der Waals surface area contributed by atoms with Gasteiger partial charge in [0.25, 0.3) is 0 Å². The van der Waals surface area contributed by atoms with Gasteiger partial charge in [-0.25, -0.2) is 0 Å². The van der Waals surface area contributed by atoms with Crippen LogP contribution in [-0.2, 0) is 4.74 Å². The molecule has 0 spiro atoms. The monoisotopic (exact) mass is 85.1 g/mol. The van der Waals surface area contributed by atoms with E-state index in [4.69, 9.17) is 4.74 Å². The quantitative estimate of drug-likeness (QED) is 0.460. The zero-order valence-corrected chi connectivity index (χ0v) is 3.69. The van der Waals surface area contributed by atoms with Crippen molar-refractivity contribution >= 4 is 0 Å². The Bertz CT molecular complexity index is 77.6. The highest BCUT2D eigenvalue weighted by atomic mass is 16.5. The molecule has 6 heavy (non-hydrogen) atoms. The molecular weight excluding hydrogens is 78.0 g/mol. The maximum Gasteiger partial charge on any atom is 0.158 e. The Hall–Kier alpha value is -0.660. The van der Waals surface area contributed by atoms with Crippen LogP contribution in [-0.4, -0.2) is 6.73 Å². The molecule has 0 aliphatic carbocycles. The van der Waals surface area contributed by atoms with Crippen molar-refractivity contribution in [1.82, 2.24) is 5.32 Å². The molecule has 1 heterocycles. The van der Waals surface area contributed by atoms with Gasteiger partial charge in [-0.05, 0) is 6.92 Å². The van der Waals surface area contributed by atoms with E-state index in [2.05, 4.69) is 5.32 Å². The van der Waals surface area contributed by atoms with Gasteiger partial charge in [0.05, 0.1) is 0 Å². The summed E-state index contributed by atoms with van der Waals surface area (Å²) in [5.41, 5.74) is 0. The summed E-state index contributed by atoms with van der Waals surface area (Å²) in [6.45, 7) is 2.56. The van der Waals surface area contributed by atoms with Crippen LogP contribution in [0.1, 0.15) is 6.92 Å². The van der Waals surface area contributed by atoms with Crippen LogP contribution >= 0.6 is 0 Å². The summed E-state index contributed by atoms with van der Waals surface area (Å²) in [5, 5.41) is 2.89. The summed E-state index contributed by atoms with van der Waals surface area (Å²) < 4.78 is 4.90. The molecule has 2 heteroatoms. The summed E-state index contributed by atoms with van der Waals surface area (Å²) in [5.74, 6) is 0.968. The summed E-state index contributed by atoms with van der Waals surface area (Å²) in [6.07, 6.45) is 1.85. The van der Waals surface area contributed by atoms with Gasteiger partial charge in [0.15, 0.2) is 6.73 Å². The van der Waals surface area contributed by atoms with Crippen molar-refractivity contribution in [3.63, 3.8) is 0 Å². The second-order valence-corrected chi connectivity index (χ2v) is 1.25. The first kappa shape index (κ1) is 3.53. The second kappa shape index (κ2) is 1.20. The summed E-state index contributed by atoms with van der Waals surface area (Å²) in [6, 6.07) is 0. The Morgan fingerprint density at radius 3 is 3.00 bits per heavy atom. The highest BCUT2D eigenvalue weighted by Gasteiger charge is 1.92. The molecule has 0 atom stereocenters. The predicted molar refractivity (Wildman–Crippen MR) is 22.8 cm³/mol. The fraction of sp³-hybridized carbons (Fsp3) is 0.500. The van der Waals surface area contributed by atoms with Crippen LogP contribution in [0.25, 0.3) is 0 Å². The number of rotatable bonds is 0. The van der Waals surface area contributed by atoms with Crippen molar-refractivity contribution < 1.29 is 4.74 Å². The second-order valence-electron chi connectivity index (χ2n) is 1.25. The van der Waals surface area contributed by atoms with Crippen molar-refractivity contribution in [1.29, 1.82) is 0 Å². The standard InChI is InChI=1S/C4H7NO/c1-4-2-5-3-6-4/h2,5H,3H2,1H3. The Morgan fingerprint density at radius 2 is 2.83 bits per heavy atom. The van der Waals surface area contributed by atoms with Gasteiger partial charge in [0, 0.05) is 6.20 Å². The van der Waals surface area contributed by atoms with Gasteiger partial charge in [0.1, 0.15) is 5.76 Å². The highest BCUT2D eigenvalue weighted by Crippen LogP contribution is 1.95. The fourth-order valence-electron chi connectivity index (χ4n) is 0.383. The molecule has 2 nitrogen and oxygen atoms in total. The van der Waals surface area contributed by atoms with Crippen molar-refractivity contribution in [2.24, 2.45) is 0 Å². The van der Waals surface area contributed by atoms with Gasteiger partial charge in [-0.3, -0.25) is 0 Å². The molecule has 1 aliphatic rings. The Balaban J connectivity index is 2.45. The van der Waals surface area contributed by atoms with E-state index in [0.717, 1.165) is 5.76 Å². The van der Waals surface area contributed by atoms with E-state index in [1.165, 1.54) is 0 Å². The molecule has 0 aromatic rings. The zero-order chi connectivity index (χ0) is 4.41. The first-order chi connectivity index (χ1) is 2.89. The van der Waals surface area contributed by atoms with Gasteiger partial charge in [-0.1, -0.05) is 0 Å². The maximum absolute atomic E-state index is 4.90. The number of ether oxygens (including phenoxy) is 1. The van der Waals surface area contributed by atoms with Crippen molar-refractivity contribution in [2.45, 2.75) is 6.92 Å². The predicted octanol–water partition coefficient (Wildman–Crippen LogP) is 0.425. The molecule has 0 bridgehead atoms. The lowest BCUT2D eigenvalue weighted by molar-refractivity contribution is 0.234. The van der Waals surface area contributed by atoms with Crippen LogP contribution < -0.4 is 5.32 Å². The van der Waals surface area contributed by atoms with Gasteiger partial charge < -0.3 is 10.1 Å². The van der Waals surface area contributed by atoms with E-state index in [9.17, 15) is 0 Å². The summed E-state index contributed by atoms with van der Waals surface area (Å²) >= 11 is 0. The van der Waals surface area contributed by atoms with E-state index < -0.39 is 0 Å². The Labute approximate surface area is 36.8 Å². The van der Waals surface area contributed by atoms with E-state index in [1.807, 2.05) is 13.1 Å². The average Bonchev–Trinajstić information content (AvgIpc) is 1.86. The lowest BCUT2D eigenvalue weighted by Crippen LogP contribution is -1.98. The zero-order valence-electron chi connectivity index (χ0n) is 3.69. The lowest BCUT2D eigenvalue weighted by Gasteiger charge is -1.88. The molecule has 1 aliphatic heterocycles. The van der Waals surface area contributed by atoms with Crippen LogP contribution in [0.3, 0.4) is 0 Å². The summed E-state index contributed by atoms with van der Waals surface area (Å²) in [7, 11) is 0. The molecule has 34 valence electrons. The third kappa shape index (κ3) is 0.455. The van der Waals surface area contributed by atoms with E-state index in [-0.39, 0.29) is 0 Å². The number of nitrogens with one attached hydrogen (secondary N) is 1. The number of hydrogen-bond acceptors (Lipinski definition) is 2. The minimum atomic E-state index is 0.645. The van der Waals surface area contributed by atoms with Crippen LogP contribution in [0.5, 0.6) is 0 Å². The molecule has 0 saturated carbocycles. The van der Waals surface area contributed by atoms with Crippen LogP contribution in [0, 0.1) is 0 Å². The average molecular weight is 85.1 g/mol. The topological polar surface area (TPSA) is 21.3 Å². The van der Waals surface area contributed by atoms with Crippen molar-refractivity contribution in [3.05, 3.63) is 12.0 Å². The fourth-order valence-corrected chi connectivity index (χ4v) is 0.383. The minimum Gasteiger partial charge on any atom is -0.476 e. The first-order valence-electron chi connectivity index (χ1n) is 1.92. The lowest BCUT2D eigenvalue weighted by atomic mass is 10.6. The first-order valence-corrected chi connectivity index (χ1v) is 1.92. The molecule has 0 amide bonds. The van der Waals surface area contributed by atoms with Gasteiger partial charge in [-0.15, -0.1) is 0 Å². The summed E-state index contributed by atoms with van der Waals surface area (Å²) in [4.78, 5) is 0. The normalized spacial score (nSPS) is 18.5. The van der Waals surface area contributed by atoms with Crippen molar-refractivity contribution in [3.8, 4) is 0 Å². The smallest absolute Gasteiger partial charge is 0.158 e. The molecular formula is C4H7NO. The van der Waals surface area contributed by atoms with Gasteiger partial charge in [-0.2, -0.15) is 0 Å². The molecule has 0 unspecified atom stereocenters. The molecule has 1 N–H and O–H groups in total. The molecule has 0 radical (unpaired) electrons. The van der Waals surface area contributed by atoms with E-state index in [0.29, 0.717) is 6.73 Å². The number of hydrogen-bond donors (Lipinski definition) is 1. The highest BCUT2D eigenvalue weighted by molar-refractivity contribution is 4.89. The van der Waals surface area contributed by atoms with E-state index in [1.54, 1.807) is 0 Å². The van der Waals surface area contributed by atoms with Crippen molar-refractivity contribution in [2.75, 3.05) is 6.73 Å². The van der Waals surface area contributed by atoms with E-state index >= 15 is 0 Å². The van der Waals surface area contributed by atoms with Gasteiger partial charge in [0.2, 0.25) is 0 Å². The molecule has 0 aromatic heterocycles. The number of allylic oxidation sites excluding steroid dienone is 1. The van der Waals surface area contributed by atoms with Crippen LogP contribution in [0.2, 0.25) is 0 Å². The van der Waals surface area contributed by atoms with Crippen LogP contribution in [0.15, 0.2) is 12.0 Å².